The number of aromatic nitrogens is 2. The standard InChI is InChI=1S/C17H24N4O2S2/c1-2-14-9-12-17(24-14)25(22,23)21-16-11-10-15(19-20-16)18-13-7-5-3-4-6-8-13/h9-13H,2-8H2,1H3,(H,18,19)(H,20,21). The van der Waals surface area contributed by atoms with Gasteiger partial charge in [0.25, 0.3) is 10.0 Å². The van der Waals surface area contributed by atoms with Crippen LogP contribution in [0.25, 0.3) is 0 Å². The molecule has 0 spiro atoms. The number of anilines is 2. The lowest BCUT2D eigenvalue weighted by Crippen LogP contribution is -2.19. The summed E-state index contributed by atoms with van der Waals surface area (Å²) in [5.41, 5.74) is 0. The van der Waals surface area contributed by atoms with E-state index in [-0.39, 0.29) is 5.82 Å². The topological polar surface area (TPSA) is 84.0 Å². The summed E-state index contributed by atoms with van der Waals surface area (Å²) in [5.74, 6) is 0.928. The molecule has 0 bridgehead atoms. The van der Waals surface area contributed by atoms with E-state index in [0.29, 0.717) is 16.1 Å². The average molecular weight is 381 g/mol. The van der Waals surface area contributed by atoms with Gasteiger partial charge < -0.3 is 5.32 Å². The fourth-order valence-electron chi connectivity index (χ4n) is 2.98. The Morgan fingerprint density at radius 3 is 2.32 bits per heavy atom. The minimum atomic E-state index is -3.60. The van der Waals surface area contributed by atoms with Gasteiger partial charge in [-0.3, -0.25) is 4.72 Å². The van der Waals surface area contributed by atoms with E-state index in [9.17, 15) is 8.42 Å². The third-order valence-corrected chi connectivity index (χ3v) is 7.44. The van der Waals surface area contributed by atoms with Crippen LogP contribution in [0.4, 0.5) is 11.6 Å². The molecule has 6 nitrogen and oxygen atoms in total. The van der Waals surface area contributed by atoms with Gasteiger partial charge in [0.15, 0.2) is 5.82 Å². The molecule has 3 rings (SSSR count). The number of thiophene rings is 1. The fraction of sp³-hybridized carbons (Fsp3) is 0.529. The Kier molecular flexibility index (Phi) is 5.90. The van der Waals surface area contributed by atoms with Gasteiger partial charge in [-0.1, -0.05) is 32.6 Å². The Morgan fingerprint density at radius 2 is 1.72 bits per heavy atom. The monoisotopic (exact) mass is 380 g/mol. The highest BCUT2D eigenvalue weighted by molar-refractivity contribution is 7.94. The highest BCUT2D eigenvalue weighted by atomic mass is 32.2. The quantitative estimate of drug-likeness (QED) is 0.739. The molecule has 1 saturated carbocycles. The van der Waals surface area contributed by atoms with E-state index >= 15 is 0 Å². The van der Waals surface area contributed by atoms with E-state index in [1.165, 1.54) is 37.0 Å². The number of nitrogens with one attached hydrogen (secondary N) is 2. The molecular weight excluding hydrogens is 356 g/mol. The van der Waals surface area contributed by atoms with Gasteiger partial charge in [-0.25, -0.2) is 8.42 Å². The van der Waals surface area contributed by atoms with Gasteiger partial charge in [0, 0.05) is 10.9 Å². The Bertz CT molecular complexity index is 779. The molecule has 0 aliphatic heterocycles. The van der Waals surface area contributed by atoms with Crippen molar-refractivity contribution in [2.45, 2.75) is 62.1 Å². The van der Waals surface area contributed by atoms with Crippen LogP contribution in [0.3, 0.4) is 0 Å². The van der Waals surface area contributed by atoms with Gasteiger partial charge in [-0.15, -0.1) is 21.5 Å². The van der Waals surface area contributed by atoms with Crippen molar-refractivity contribution in [1.82, 2.24) is 10.2 Å². The summed E-state index contributed by atoms with van der Waals surface area (Å²) in [6.45, 7) is 2.00. The van der Waals surface area contributed by atoms with Crippen LogP contribution < -0.4 is 10.0 Å². The van der Waals surface area contributed by atoms with Crippen LogP contribution in [0.15, 0.2) is 28.5 Å². The first kappa shape index (κ1) is 18.1. The molecule has 1 aliphatic rings. The first-order valence-corrected chi connectivity index (χ1v) is 11.1. The Labute approximate surface area is 153 Å². The summed E-state index contributed by atoms with van der Waals surface area (Å²) in [6, 6.07) is 7.32. The zero-order valence-electron chi connectivity index (χ0n) is 14.4. The van der Waals surface area contributed by atoms with Gasteiger partial charge in [0.2, 0.25) is 0 Å². The molecule has 1 fully saturated rings. The summed E-state index contributed by atoms with van der Waals surface area (Å²) in [4.78, 5) is 1.04. The lowest BCUT2D eigenvalue weighted by molar-refractivity contribution is 0.602. The maximum atomic E-state index is 12.4. The van der Waals surface area contributed by atoms with E-state index in [2.05, 4.69) is 20.2 Å². The molecule has 0 unspecified atom stereocenters. The van der Waals surface area contributed by atoms with Crippen LogP contribution in [0, 0.1) is 0 Å². The van der Waals surface area contributed by atoms with Gasteiger partial charge in [0.05, 0.1) is 0 Å². The zero-order chi connectivity index (χ0) is 17.7. The number of aryl methyl sites for hydroxylation is 1. The molecule has 2 N–H and O–H groups in total. The van der Waals surface area contributed by atoms with Crippen molar-refractivity contribution in [3.05, 3.63) is 29.1 Å². The van der Waals surface area contributed by atoms with Crippen LogP contribution >= 0.6 is 11.3 Å². The molecule has 136 valence electrons. The summed E-state index contributed by atoms with van der Waals surface area (Å²) in [5, 5.41) is 11.5. The Balaban J connectivity index is 1.63. The number of sulfonamides is 1. The number of hydrogen-bond donors (Lipinski definition) is 2. The average Bonchev–Trinajstić information content (AvgIpc) is 2.96. The van der Waals surface area contributed by atoms with E-state index in [0.717, 1.165) is 24.1 Å². The Morgan fingerprint density at radius 1 is 1.04 bits per heavy atom. The molecule has 25 heavy (non-hydrogen) atoms. The minimum Gasteiger partial charge on any atom is -0.366 e. The maximum absolute atomic E-state index is 12.4. The van der Waals surface area contributed by atoms with Crippen molar-refractivity contribution >= 4 is 33.0 Å². The van der Waals surface area contributed by atoms with E-state index in [4.69, 9.17) is 0 Å². The van der Waals surface area contributed by atoms with Crippen molar-refractivity contribution in [2.75, 3.05) is 10.0 Å². The third kappa shape index (κ3) is 4.92. The van der Waals surface area contributed by atoms with Crippen LogP contribution in [0.2, 0.25) is 0 Å². The van der Waals surface area contributed by atoms with Crippen molar-refractivity contribution < 1.29 is 8.42 Å². The first-order chi connectivity index (χ1) is 12.1. The molecule has 8 heteroatoms. The summed E-state index contributed by atoms with van der Waals surface area (Å²) in [7, 11) is -3.60. The molecule has 0 atom stereocenters. The number of nitrogens with zero attached hydrogens (tertiary/aromatic N) is 2. The van der Waals surface area contributed by atoms with E-state index < -0.39 is 10.0 Å². The highest BCUT2D eigenvalue weighted by Gasteiger charge is 2.18. The lowest BCUT2D eigenvalue weighted by Gasteiger charge is -2.16. The molecule has 0 amide bonds. The summed E-state index contributed by atoms with van der Waals surface area (Å²) >= 11 is 1.28. The van der Waals surface area contributed by atoms with Crippen molar-refractivity contribution in [1.29, 1.82) is 0 Å². The van der Waals surface area contributed by atoms with E-state index in [1.54, 1.807) is 18.2 Å². The maximum Gasteiger partial charge on any atom is 0.272 e. The van der Waals surface area contributed by atoms with E-state index in [1.807, 2.05) is 13.0 Å². The molecular formula is C17H24N4O2S2. The molecule has 2 aromatic rings. The molecule has 0 radical (unpaired) electrons. The van der Waals surface area contributed by atoms with Crippen LogP contribution in [0.1, 0.15) is 50.3 Å². The first-order valence-electron chi connectivity index (χ1n) is 8.78. The van der Waals surface area contributed by atoms with Crippen LogP contribution in [-0.2, 0) is 16.4 Å². The predicted molar refractivity (Wildman–Crippen MR) is 102 cm³/mol. The predicted octanol–water partition coefficient (Wildman–Crippen LogP) is 4.04. The van der Waals surface area contributed by atoms with Gasteiger partial charge in [-0.05, 0) is 43.5 Å². The highest BCUT2D eigenvalue weighted by Crippen LogP contribution is 2.24. The normalized spacial score (nSPS) is 16.4. The van der Waals surface area contributed by atoms with Gasteiger partial charge in [0.1, 0.15) is 10.0 Å². The second-order valence-electron chi connectivity index (χ2n) is 6.32. The van der Waals surface area contributed by atoms with Crippen molar-refractivity contribution in [2.24, 2.45) is 0 Å². The molecule has 0 aromatic carbocycles. The molecule has 2 heterocycles. The summed E-state index contributed by atoms with van der Waals surface area (Å²) in [6.07, 6.45) is 8.19. The SMILES string of the molecule is CCc1ccc(S(=O)(=O)Nc2ccc(NC3CCCCCC3)nn2)s1. The van der Waals surface area contributed by atoms with Crippen LogP contribution in [0.5, 0.6) is 0 Å². The third-order valence-electron chi connectivity index (χ3n) is 4.36. The molecule has 1 aliphatic carbocycles. The largest absolute Gasteiger partial charge is 0.366 e. The zero-order valence-corrected chi connectivity index (χ0v) is 16.0. The van der Waals surface area contributed by atoms with Crippen molar-refractivity contribution in [3.63, 3.8) is 0 Å². The number of rotatable bonds is 6. The van der Waals surface area contributed by atoms with Crippen molar-refractivity contribution in [3.8, 4) is 0 Å². The fourth-order valence-corrected chi connectivity index (χ4v) is 5.27. The van der Waals surface area contributed by atoms with Crippen LogP contribution in [-0.4, -0.2) is 24.7 Å². The minimum absolute atomic E-state index is 0.234. The smallest absolute Gasteiger partial charge is 0.272 e. The second kappa shape index (κ2) is 8.14. The summed E-state index contributed by atoms with van der Waals surface area (Å²) < 4.78 is 27.6. The molecule has 2 aromatic heterocycles. The van der Waals surface area contributed by atoms with Gasteiger partial charge in [-0.2, -0.15) is 0 Å². The molecule has 0 saturated heterocycles. The number of hydrogen-bond acceptors (Lipinski definition) is 6. The van der Waals surface area contributed by atoms with Gasteiger partial charge >= 0.3 is 0 Å². The lowest BCUT2D eigenvalue weighted by atomic mass is 10.1. The Hall–Kier alpha value is -1.67. The second-order valence-corrected chi connectivity index (χ2v) is 9.39.